The first kappa shape index (κ1) is 31.5. The topological polar surface area (TPSA) is 103 Å². The third-order valence-corrected chi connectivity index (χ3v) is 8.66. The van der Waals surface area contributed by atoms with Gasteiger partial charge in [0.15, 0.2) is 0 Å². The quantitative estimate of drug-likeness (QED) is 0.303. The number of carbonyl (C=O) groups is 2. The second kappa shape index (κ2) is 13.8. The molecule has 3 aromatic carbocycles. The zero-order valence-corrected chi connectivity index (χ0v) is 26.4. The third-order valence-electron chi connectivity index (χ3n) is 8.66. The number of aliphatic hydroxyl groups is 1. The van der Waals surface area contributed by atoms with Crippen molar-refractivity contribution in [3.05, 3.63) is 94.5 Å². The van der Waals surface area contributed by atoms with Crippen LogP contribution in [0, 0.1) is 0 Å². The van der Waals surface area contributed by atoms with E-state index >= 15 is 0 Å². The molecule has 1 fully saturated rings. The first-order valence-corrected chi connectivity index (χ1v) is 15.8. The minimum absolute atomic E-state index is 0.163. The highest BCUT2D eigenvalue weighted by Crippen LogP contribution is 2.46. The summed E-state index contributed by atoms with van der Waals surface area (Å²) in [6, 6.07) is 21.2. The van der Waals surface area contributed by atoms with Crippen LogP contribution in [0.25, 0.3) is 0 Å². The summed E-state index contributed by atoms with van der Waals surface area (Å²) < 4.78 is 6.02. The second-order valence-corrected chi connectivity index (χ2v) is 12.7. The molecular formula is C36H46N4O4. The van der Waals surface area contributed by atoms with Crippen LogP contribution in [-0.4, -0.2) is 67.8 Å². The summed E-state index contributed by atoms with van der Waals surface area (Å²) in [5, 5.41) is 21.7. The molecule has 8 nitrogen and oxygen atoms in total. The van der Waals surface area contributed by atoms with Crippen LogP contribution in [0.1, 0.15) is 82.9 Å². The van der Waals surface area contributed by atoms with Gasteiger partial charge in [-0.3, -0.25) is 9.59 Å². The maximum absolute atomic E-state index is 13.8. The van der Waals surface area contributed by atoms with E-state index in [0.29, 0.717) is 48.8 Å². The smallest absolute Gasteiger partial charge is 0.253 e. The van der Waals surface area contributed by atoms with E-state index in [1.54, 1.807) is 32.3 Å². The normalized spacial score (nSPS) is 18.9. The number of benzene rings is 3. The molecular weight excluding hydrogens is 552 g/mol. The zero-order valence-electron chi connectivity index (χ0n) is 26.4. The maximum Gasteiger partial charge on any atom is 0.253 e. The van der Waals surface area contributed by atoms with E-state index in [1.807, 2.05) is 24.3 Å². The molecule has 5 rings (SSSR count). The number of aliphatic hydroxyl groups excluding tert-OH is 1. The van der Waals surface area contributed by atoms with Crippen LogP contribution in [0.3, 0.4) is 0 Å². The molecule has 4 bridgehead atoms. The fourth-order valence-corrected chi connectivity index (χ4v) is 5.77. The van der Waals surface area contributed by atoms with Crippen molar-refractivity contribution in [3.63, 3.8) is 0 Å². The number of hydrogen-bond donors (Lipinski definition) is 4. The molecule has 1 heterocycles. The average Bonchev–Trinajstić information content (AvgIpc) is 3.81. The first-order valence-electron chi connectivity index (χ1n) is 15.8. The van der Waals surface area contributed by atoms with Crippen LogP contribution in [0.5, 0.6) is 5.75 Å². The van der Waals surface area contributed by atoms with E-state index in [0.717, 1.165) is 37.0 Å². The molecule has 3 aromatic rings. The van der Waals surface area contributed by atoms with Crippen molar-refractivity contribution in [2.45, 2.75) is 69.6 Å². The number of carbonyl (C=O) groups excluding carboxylic acids is 2. The summed E-state index contributed by atoms with van der Waals surface area (Å²) >= 11 is 0. The SMILES string of the molecule is CC(C)c1cccc(C2(NC[C@H](O)[C@H]3Cc4cccc(c4)OCCCCNc4cc(cc(C(=O)N(C)C)c4)C(=O)N3)CC2)c1. The standard InChI is InChI=1S/C36H46N4O4/c1-24(2)26-10-8-11-29(20-26)36(13-14-36)38-23-33(41)32-18-25-9-7-12-31(17-25)44-16-6-5-15-37-30-21-27(34(42)39-32)19-28(22-30)35(43)40(3)4/h7-12,17,19-22,24,32-33,37-38,41H,5-6,13-16,18,23H2,1-4H3,(H,39,42)/t32-,33+/m1/s1. The molecule has 2 amide bonds. The van der Waals surface area contributed by atoms with Crippen molar-refractivity contribution >= 4 is 17.5 Å². The van der Waals surface area contributed by atoms with Gasteiger partial charge in [0, 0.05) is 49.5 Å². The maximum atomic E-state index is 13.8. The molecule has 8 heteroatoms. The minimum atomic E-state index is -0.864. The number of fused-ring (bicyclic) bond motifs is 4. The molecule has 0 aromatic heterocycles. The van der Waals surface area contributed by atoms with Crippen molar-refractivity contribution in [2.75, 3.05) is 39.1 Å². The van der Waals surface area contributed by atoms with Gasteiger partial charge in [-0.25, -0.2) is 0 Å². The summed E-state index contributed by atoms with van der Waals surface area (Å²) in [6.07, 6.45) is 3.29. The van der Waals surface area contributed by atoms with Crippen molar-refractivity contribution in [1.29, 1.82) is 0 Å². The fraction of sp³-hybridized carbons (Fsp3) is 0.444. The third kappa shape index (κ3) is 7.79. The molecule has 1 aliphatic carbocycles. The Morgan fingerprint density at radius 3 is 2.61 bits per heavy atom. The Labute approximate surface area is 261 Å². The van der Waals surface area contributed by atoms with Gasteiger partial charge in [-0.05, 0) is 85.0 Å². The number of nitrogens with zero attached hydrogens (tertiary/aromatic N) is 1. The number of rotatable bonds is 7. The number of hydrogen-bond acceptors (Lipinski definition) is 6. The largest absolute Gasteiger partial charge is 0.494 e. The van der Waals surface area contributed by atoms with E-state index in [1.165, 1.54) is 16.0 Å². The summed E-state index contributed by atoms with van der Waals surface area (Å²) in [4.78, 5) is 28.2. The minimum Gasteiger partial charge on any atom is -0.494 e. The van der Waals surface area contributed by atoms with Crippen molar-refractivity contribution in [3.8, 4) is 5.75 Å². The van der Waals surface area contributed by atoms with Gasteiger partial charge in [0.25, 0.3) is 11.8 Å². The van der Waals surface area contributed by atoms with Crippen LogP contribution in [-0.2, 0) is 12.0 Å². The molecule has 0 saturated heterocycles. The molecule has 4 N–H and O–H groups in total. The lowest BCUT2D eigenvalue weighted by Crippen LogP contribution is -2.50. The second-order valence-electron chi connectivity index (χ2n) is 12.7. The first-order chi connectivity index (χ1) is 21.1. The molecule has 0 radical (unpaired) electrons. The Kier molecular flexibility index (Phi) is 9.91. The predicted octanol–water partition coefficient (Wildman–Crippen LogP) is 5.08. The number of ether oxygens (including phenoxy) is 1. The monoisotopic (exact) mass is 598 g/mol. The average molecular weight is 599 g/mol. The molecule has 1 aliphatic heterocycles. The lowest BCUT2D eigenvalue weighted by Gasteiger charge is -2.28. The number of amides is 2. The zero-order chi connectivity index (χ0) is 31.3. The van der Waals surface area contributed by atoms with Crippen LogP contribution >= 0.6 is 0 Å². The Balaban J connectivity index is 1.40. The van der Waals surface area contributed by atoms with Gasteiger partial charge in [0.05, 0.1) is 18.8 Å². The van der Waals surface area contributed by atoms with E-state index in [-0.39, 0.29) is 17.4 Å². The van der Waals surface area contributed by atoms with Gasteiger partial charge in [0.1, 0.15) is 5.75 Å². The Hall–Kier alpha value is -3.88. The predicted molar refractivity (Wildman–Crippen MR) is 175 cm³/mol. The van der Waals surface area contributed by atoms with Gasteiger partial charge in [-0.1, -0.05) is 50.2 Å². The summed E-state index contributed by atoms with van der Waals surface area (Å²) in [5.74, 6) is 0.696. The fourth-order valence-electron chi connectivity index (χ4n) is 5.77. The Morgan fingerprint density at radius 1 is 1.07 bits per heavy atom. The van der Waals surface area contributed by atoms with Crippen molar-refractivity contribution in [1.82, 2.24) is 15.5 Å². The lowest BCUT2D eigenvalue weighted by atomic mass is 9.95. The lowest BCUT2D eigenvalue weighted by molar-refractivity contribution is 0.0821. The Bertz CT molecular complexity index is 1470. The van der Waals surface area contributed by atoms with Crippen LogP contribution in [0.4, 0.5) is 5.69 Å². The van der Waals surface area contributed by atoms with E-state index in [2.05, 4.69) is 54.1 Å². The molecule has 2 aliphatic rings. The van der Waals surface area contributed by atoms with Crippen LogP contribution in [0.2, 0.25) is 0 Å². The molecule has 0 spiro atoms. The van der Waals surface area contributed by atoms with E-state index in [4.69, 9.17) is 4.74 Å². The summed E-state index contributed by atoms with van der Waals surface area (Å²) in [6.45, 7) is 5.97. The highest BCUT2D eigenvalue weighted by molar-refractivity contribution is 6.01. The molecule has 2 atom stereocenters. The Morgan fingerprint density at radius 2 is 1.86 bits per heavy atom. The molecule has 0 unspecified atom stereocenters. The van der Waals surface area contributed by atoms with Crippen molar-refractivity contribution in [2.24, 2.45) is 0 Å². The van der Waals surface area contributed by atoms with Crippen molar-refractivity contribution < 1.29 is 19.4 Å². The highest BCUT2D eigenvalue weighted by atomic mass is 16.5. The van der Waals surface area contributed by atoms with Gasteiger partial charge < -0.3 is 30.7 Å². The van der Waals surface area contributed by atoms with E-state index < -0.39 is 12.1 Å². The summed E-state index contributed by atoms with van der Waals surface area (Å²) in [7, 11) is 3.39. The molecule has 234 valence electrons. The van der Waals surface area contributed by atoms with Crippen LogP contribution in [0.15, 0.2) is 66.7 Å². The van der Waals surface area contributed by atoms with Gasteiger partial charge >= 0.3 is 0 Å². The summed E-state index contributed by atoms with van der Waals surface area (Å²) in [5.41, 5.74) is 4.85. The van der Waals surface area contributed by atoms with Crippen LogP contribution < -0.4 is 20.7 Å². The number of nitrogens with one attached hydrogen (secondary N) is 3. The molecule has 44 heavy (non-hydrogen) atoms. The highest BCUT2D eigenvalue weighted by Gasteiger charge is 2.44. The van der Waals surface area contributed by atoms with Gasteiger partial charge in [0.2, 0.25) is 0 Å². The van der Waals surface area contributed by atoms with Gasteiger partial charge in [-0.2, -0.15) is 0 Å². The van der Waals surface area contributed by atoms with E-state index in [9.17, 15) is 14.7 Å². The molecule has 1 saturated carbocycles. The number of anilines is 1. The van der Waals surface area contributed by atoms with Gasteiger partial charge in [-0.15, -0.1) is 0 Å².